The number of nitrogens with one attached hydrogen (secondary N) is 1. The molecule has 0 aliphatic carbocycles. The number of carbonyl (C=O) groups is 2. The third-order valence-electron chi connectivity index (χ3n) is 2.67. The van der Waals surface area contributed by atoms with Crippen LogP contribution < -0.4 is 5.32 Å². The average molecular weight is 267 g/mol. The van der Waals surface area contributed by atoms with E-state index in [1.807, 2.05) is 6.92 Å². The van der Waals surface area contributed by atoms with Gasteiger partial charge in [0.05, 0.1) is 18.4 Å². The Labute approximate surface area is 112 Å². The lowest BCUT2D eigenvalue weighted by molar-refractivity contribution is -0.116. The molecule has 0 spiro atoms. The van der Waals surface area contributed by atoms with Gasteiger partial charge in [0.1, 0.15) is 5.82 Å². The van der Waals surface area contributed by atoms with Crippen LogP contribution in [0.25, 0.3) is 0 Å². The van der Waals surface area contributed by atoms with Crippen LogP contribution in [-0.2, 0) is 9.53 Å². The average Bonchev–Trinajstić information content (AvgIpc) is 2.40. The van der Waals surface area contributed by atoms with Crippen LogP contribution in [0.1, 0.15) is 43.0 Å². The molecular formula is C14H18FNO3. The number of amides is 1. The molecule has 0 heterocycles. The molecule has 1 amide bonds. The number of esters is 1. The van der Waals surface area contributed by atoms with Gasteiger partial charge < -0.3 is 10.1 Å². The minimum atomic E-state index is -0.573. The first-order chi connectivity index (χ1) is 9.08. The normalized spacial score (nSPS) is 10.1. The number of hydrogen-bond acceptors (Lipinski definition) is 3. The molecule has 4 nitrogen and oxygen atoms in total. The lowest BCUT2D eigenvalue weighted by Gasteiger charge is -2.08. The van der Waals surface area contributed by atoms with Crippen molar-refractivity contribution in [3.8, 4) is 0 Å². The Kier molecular flexibility index (Phi) is 5.99. The molecule has 0 aromatic heterocycles. The first-order valence-corrected chi connectivity index (χ1v) is 6.26. The van der Waals surface area contributed by atoms with E-state index in [1.54, 1.807) is 0 Å². The third-order valence-corrected chi connectivity index (χ3v) is 2.67. The van der Waals surface area contributed by atoms with Crippen LogP contribution >= 0.6 is 0 Å². The van der Waals surface area contributed by atoms with E-state index < -0.39 is 11.8 Å². The van der Waals surface area contributed by atoms with Gasteiger partial charge in [0.2, 0.25) is 5.91 Å². The first kappa shape index (κ1) is 15.1. The quantitative estimate of drug-likeness (QED) is 0.636. The number of anilines is 1. The molecule has 0 aliphatic rings. The fraction of sp³-hybridized carbons (Fsp3) is 0.429. The number of hydrogen-bond donors (Lipinski definition) is 1. The van der Waals surface area contributed by atoms with Gasteiger partial charge in [0.25, 0.3) is 0 Å². The van der Waals surface area contributed by atoms with E-state index in [0.717, 1.165) is 25.3 Å². The summed E-state index contributed by atoms with van der Waals surface area (Å²) >= 11 is 0. The summed E-state index contributed by atoms with van der Waals surface area (Å²) in [6.07, 6.45) is 3.08. The monoisotopic (exact) mass is 267 g/mol. The number of ether oxygens (including phenoxy) is 1. The number of halogens is 1. The smallest absolute Gasteiger partial charge is 0.337 e. The fourth-order valence-corrected chi connectivity index (χ4v) is 1.61. The van der Waals surface area contributed by atoms with Gasteiger partial charge in [-0.3, -0.25) is 4.79 Å². The summed E-state index contributed by atoms with van der Waals surface area (Å²) in [5.41, 5.74) is 0.206. The number of rotatable bonds is 6. The second-order valence-electron chi connectivity index (χ2n) is 4.19. The van der Waals surface area contributed by atoms with Gasteiger partial charge in [-0.2, -0.15) is 0 Å². The lowest BCUT2D eigenvalue weighted by atomic mass is 10.1. The third kappa shape index (κ3) is 4.69. The van der Waals surface area contributed by atoms with E-state index in [1.165, 1.54) is 19.2 Å². The Bertz CT molecular complexity index is 460. The summed E-state index contributed by atoms with van der Waals surface area (Å²) in [6, 6.07) is 3.72. The van der Waals surface area contributed by atoms with Gasteiger partial charge in [0, 0.05) is 6.42 Å². The molecule has 1 aromatic carbocycles. The van der Waals surface area contributed by atoms with Crippen LogP contribution in [0.3, 0.4) is 0 Å². The molecule has 0 fully saturated rings. The van der Waals surface area contributed by atoms with Crippen LogP contribution in [-0.4, -0.2) is 19.0 Å². The van der Waals surface area contributed by atoms with Crippen molar-refractivity contribution in [3.05, 3.63) is 29.6 Å². The molecular weight excluding hydrogens is 249 g/mol. The van der Waals surface area contributed by atoms with Crippen molar-refractivity contribution in [2.45, 2.75) is 32.6 Å². The molecule has 0 saturated carbocycles. The molecule has 0 atom stereocenters. The second-order valence-corrected chi connectivity index (χ2v) is 4.19. The number of benzene rings is 1. The number of carbonyl (C=O) groups excluding carboxylic acids is 2. The minimum Gasteiger partial charge on any atom is -0.465 e. The van der Waals surface area contributed by atoms with Crippen LogP contribution in [0.15, 0.2) is 18.2 Å². The zero-order valence-corrected chi connectivity index (χ0v) is 11.2. The Morgan fingerprint density at radius 2 is 2.05 bits per heavy atom. The molecule has 1 aromatic rings. The zero-order chi connectivity index (χ0) is 14.3. The van der Waals surface area contributed by atoms with Crippen LogP contribution in [0.4, 0.5) is 10.1 Å². The summed E-state index contributed by atoms with van der Waals surface area (Å²) in [6.45, 7) is 2.04. The zero-order valence-electron chi connectivity index (χ0n) is 11.2. The van der Waals surface area contributed by atoms with Crippen LogP contribution in [0.2, 0.25) is 0 Å². The number of unbranched alkanes of at least 4 members (excludes halogenated alkanes) is 2. The Morgan fingerprint density at radius 1 is 1.32 bits per heavy atom. The van der Waals surface area contributed by atoms with Gasteiger partial charge in [-0.05, 0) is 24.6 Å². The summed E-state index contributed by atoms with van der Waals surface area (Å²) in [5.74, 6) is -1.40. The fourth-order valence-electron chi connectivity index (χ4n) is 1.61. The molecule has 1 rings (SSSR count). The summed E-state index contributed by atoms with van der Waals surface area (Å²) in [7, 11) is 1.24. The van der Waals surface area contributed by atoms with E-state index in [0.29, 0.717) is 6.42 Å². The highest BCUT2D eigenvalue weighted by molar-refractivity contribution is 5.94. The summed E-state index contributed by atoms with van der Waals surface area (Å²) in [4.78, 5) is 22.9. The topological polar surface area (TPSA) is 55.4 Å². The molecule has 0 radical (unpaired) electrons. The van der Waals surface area contributed by atoms with E-state index in [2.05, 4.69) is 10.1 Å². The maximum Gasteiger partial charge on any atom is 0.337 e. The summed E-state index contributed by atoms with van der Waals surface area (Å²) < 4.78 is 18.1. The van der Waals surface area contributed by atoms with Gasteiger partial charge in [0.15, 0.2) is 0 Å². The highest BCUT2D eigenvalue weighted by Gasteiger charge is 2.11. The molecule has 104 valence electrons. The largest absolute Gasteiger partial charge is 0.465 e. The van der Waals surface area contributed by atoms with Crippen molar-refractivity contribution in [2.24, 2.45) is 0 Å². The van der Waals surface area contributed by atoms with Crippen molar-refractivity contribution in [3.63, 3.8) is 0 Å². The van der Waals surface area contributed by atoms with Gasteiger partial charge >= 0.3 is 5.97 Å². The van der Waals surface area contributed by atoms with Crippen molar-refractivity contribution >= 4 is 17.6 Å². The minimum absolute atomic E-state index is 0.00407. The molecule has 0 saturated heterocycles. The maximum absolute atomic E-state index is 13.5. The molecule has 1 N–H and O–H groups in total. The Hall–Kier alpha value is -1.91. The van der Waals surface area contributed by atoms with Crippen molar-refractivity contribution < 1.29 is 18.7 Å². The molecule has 5 heteroatoms. The van der Waals surface area contributed by atoms with Gasteiger partial charge in [-0.25, -0.2) is 9.18 Å². The Morgan fingerprint density at radius 3 is 2.68 bits per heavy atom. The predicted molar refractivity (Wildman–Crippen MR) is 70.5 cm³/mol. The highest BCUT2D eigenvalue weighted by Crippen LogP contribution is 2.17. The first-order valence-electron chi connectivity index (χ1n) is 6.26. The maximum atomic E-state index is 13.5. The lowest BCUT2D eigenvalue weighted by Crippen LogP contribution is -2.13. The predicted octanol–water partition coefficient (Wildman–Crippen LogP) is 3.13. The second kappa shape index (κ2) is 7.51. The van der Waals surface area contributed by atoms with Gasteiger partial charge in [-0.15, -0.1) is 0 Å². The van der Waals surface area contributed by atoms with E-state index in [9.17, 15) is 14.0 Å². The van der Waals surface area contributed by atoms with Crippen LogP contribution in [0.5, 0.6) is 0 Å². The standard InChI is InChI=1S/C14H18FNO3/c1-3-4-5-6-13(17)16-12-9-10(14(18)19-2)7-8-11(12)15/h7-9H,3-6H2,1-2H3,(H,16,17). The van der Waals surface area contributed by atoms with E-state index >= 15 is 0 Å². The van der Waals surface area contributed by atoms with Gasteiger partial charge in [-0.1, -0.05) is 19.8 Å². The Balaban J connectivity index is 2.71. The van der Waals surface area contributed by atoms with Crippen LogP contribution in [0, 0.1) is 5.82 Å². The molecule has 0 aliphatic heterocycles. The van der Waals surface area contributed by atoms with Crippen molar-refractivity contribution in [2.75, 3.05) is 12.4 Å². The van der Waals surface area contributed by atoms with E-state index in [-0.39, 0.29) is 17.2 Å². The molecule has 19 heavy (non-hydrogen) atoms. The molecule has 0 unspecified atom stereocenters. The molecule has 0 bridgehead atoms. The van der Waals surface area contributed by atoms with E-state index in [4.69, 9.17) is 0 Å². The van der Waals surface area contributed by atoms with Crippen molar-refractivity contribution in [1.82, 2.24) is 0 Å². The SMILES string of the molecule is CCCCCC(=O)Nc1cc(C(=O)OC)ccc1F. The summed E-state index contributed by atoms with van der Waals surface area (Å²) in [5, 5.41) is 2.47. The van der Waals surface area contributed by atoms with Crippen molar-refractivity contribution in [1.29, 1.82) is 0 Å². The highest BCUT2D eigenvalue weighted by atomic mass is 19.1. The number of methoxy groups -OCH3 is 1.